The molecule has 6 nitrogen and oxygen atoms in total. The molecule has 3 aromatic rings. The number of H-pyrrole nitrogens is 1. The molecular formula is C21H22N3O3+. The number of rotatable bonds is 3. The third kappa shape index (κ3) is 2.41. The van der Waals surface area contributed by atoms with Gasteiger partial charge in [0.1, 0.15) is 13.1 Å². The second-order valence-corrected chi connectivity index (χ2v) is 7.23. The van der Waals surface area contributed by atoms with Gasteiger partial charge >= 0.3 is 0 Å². The molecule has 5 rings (SSSR count). The average molecular weight is 364 g/mol. The number of hydrogen-bond donors (Lipinski definition) is 3. The molecule has 1 amide bonds. The zero-order chi connectivity index (χ0) is 18.4. The molecule has 1 fully saturated rings. The van der Waals surface area contributed by atoms with E-state index in [1.807, 2.05) is 48.5 Å². The van der Waals surface area contributed by atoms with Crippen LogP contribution >= 0.6 is 0 Å². The molecule has 0 spiro atoms. The minimum absolute atomic E-state index is 0.285. The molecule has 2 aliphatic rings. The Hall–Kier alpha value is -2.67. The predicted molar refractivity (Wildman–Crippen MR) is 102 cm³/mol. The fraction of sp³-hybridized carbons (Fsp3) is 0.286. The number of hydrogen-bond acceptors (Lipinski definition) is 3. The zero-order valence-corrected chi connectivity index (χ0v) is 14.9. The van der Waals surface area contributed by atoms with E-state index < -0.39 is 5.60 Å². The number of aliphatic hydroxyl groups is 1. The lowest BCUT2D eigenvalue weighted by Gasteiger charge is -2.29. The van der Waals surface area contributed by atoms with Gasteiger partial charge in [-0.2, -0.15) is 0 Å². The molecule has 138 valence electrons. The Kier molecular flexibility index (Phi) is 3.79. The van der Waals surface area contributed by atoms with Crippen molar-refractivity contribution in [2.75, 3.05) is 37.9 Å². The Morgan fingerprint density at radius 2 is 1.81 bits per heavy atom. The van der Waals surface area contributed by atoms with Crippen molar-refractivity contribution in [3.05, 3.63) is 65.9 Å². The van der Waals surface area contributed by atoms with Gasteiger partial charge in [0, 0.05) is 28.2 Å². The van der Waals surface area contributed by atoms with Gasteiger partial charge in [0.15, 0.2) is 12.3 Å². The highest BCUT2D eigenvalue weighted by atomic mass is 16.5. The van der Waals surface area contributed by atoms with Crippen LogP contribution < -0.4 is 9.80 Å². The molecular weight excluding hydrogens is 342 g/mol. The number of benzene rings is 2. The summed E-state index contributed by atoms with van der Waals surface area (Å²) < 4.78 is 5.43. The van der Waals surface area contributed by atoms with Gasteiger partial charge in [0.05, 0.1) is 18.9 Å². The lowest BCUT2D eigenvalue weighted by molar-refractivity contribution is -0.906. The van der Waals surface area contributed by atoms with Crippen molar-refractivity contribution in [3.63, 3.8) is 0 Å². The lowest BCUT2D eigenvalue weighted by atomic mass is 9.87. The summed E-state index contributed by atoms with van der Waals surface area (Å²) in [6.07, 6.45) is 1.75. The molecule has 2 aromatic carbocycles. The van der Waals surface area contributed by atoms with Crippen LogP contribution in [0.2, 0.25) is 0 Å². The first kappa shape index (κ1) is 16.5. The molecule has 1 aromatic heterocycles. The normalized spacial score (nSPS) is 23.1. The van der Waals surface area contributed by atoms with E-state index in [9.17, 15) is 9.90 Å². The van der Waals surface area contributed by atoms with Crippen LogP contribution in [0.1, 0.15) is 11.1 Å². The second kappa shape index (κ2) is 6.20. The van der Waals surface area contributed by atoms with Crippen molar-refractivity contribution in [1.29, 1.82) is 0 Å². The first-order chi connectivity index (χ1) is 13.2. The molecule has 0 unspecified atom stereocenters. The van der Waals surface area contributed by atoms with Gasteiger partial charge < -0.3 is 19.7 Å². The van der Waals surface area contributed by atoms with Crippen LogP contribution in [0.5, 0.6) is 0 Å². The Balaban J connectivity index is 1.61. The highest BCUT2D eigenvalue weighted by molar-refractivity contribution is 6.10. The summed E-state index contributed by atoms with van der Waals surface area (Å²) in [7, 11) is 0. The monoisotopic (exact) mass is 364 g/mol. The van der Waals surface area contributed by atoms with Crippen LogP contribution in [0.15, 0.2) is 54.7 Å². The summed E-state index contributed by atoms with van der Waals surface area (Å²) in [6, 6.07) is 15.3. The smallest absolute Gasteiger partial charge is 0.272 e. The number of fused-ring (bicyclic) bond motifs is 2. The number of carbonyl (C=O) groups is 1. The molecule has 1 saturated heterocycles. The first-order valence-corrected chi connectivity index (χ1v) is 9.31. The molecule has 3 heterocycles. The minimum Gasteiger partial charge on any atom is -0.372 e. The molecule has 2 aliphatic heterocycles. The van der Waals surface area contributed by atoms with Crippen LogP contribution in [0, 0.1) is 0 Å². The quantitative estimate of drug-likeness (QED) is 0.638. The highest BCUT2D eigenvalue weighted by Gasteiger charge is 2.53. The maximum atomic E-state index is 13.5. The van der Waals surface area contributed by atoms with E-state index in [1.54, 1.807) is 11.1 Å². The van der Waals surface area contributed by atoms with Crippen molar-refractivity contribution in [3.8, 4) is 0 Å². The van der Waals surface area contributed by atoms with Crippen LogP contribution in [0.3, 0.4) is 0 Å². The molecule has 6 heteroatoms. The first-order valence-electron chi connectivity index (χ1n) is 9.31. The van der Waals surface area contributed by atoms with E-state index in [0.29, 0.717) is 31.0 Å². The zero-order valence-electron chi connectivity index (χ0n) is 14.9. The fourth-order valence-electron chi connectivity index (χ4n) is 4.26. The number of ether oxygens (including phenoxy) is 1. The van der Waals surface area contributed by atoms with E-state index in [1.165, 1.54) is 4.90 Å². The molecule has 0 radical (unpaired) electrons. The van der Waals surface area contributed by atoms with Crippen molar-refractivity contribution in [2.45, 2.75) is 5.60 Å². The van der Waals surface area contributed by atoms with Crippen LogP contribution in [-0.4, -0.2) is 49.0 Å². The molecule has 0 saturated carbocycles. The Morgan fingerprint density at radius 3 is 2.67 bits per heavy atom. The summed E-state index contributed by atoms with van der Waals surface area (Å²) in [5, 5.41) is 12.6. The van der Waals surface area contributed by atoms with Crippen LogP contribution in [0.4, 0.5) is 5.69 Å². The molecule has 27 heavy (non-hydrogen) atoms. The number of quaternary nitrogens is 1. The van der Waals surface area contributed by atoms with Crippen molar-refractivity contribution in [1.82, 2.24) is 4.98 Å². The number of morpholine rings is 1. The summed E-state index contributed by atoms with van der Waals surface area (Å²) in [4.78, 5) is 19.7. The highest BCUT2D eigenvalue weighted by Crippen LogP contribution is 2.45. The Morgan fingerprint density at radius 1 is 1.07 bits per heavy atom. The lowest BCUT2D eigenvalue weighted by Crippen LogP contribution is -3.15. The number of nitrogens with zero attached hydrogens (tertiary/aromatic N) is 1. The predicted octanol–water partition coefficient (Wildman–Crippen LogP) is 0.623. The standard InChI is InChI=1S/C21H21N3O3/c25-20-21(26,17-13-22-18-7-3-1-5-15(17)18)16-6-2-4-8-19(16)24(20)14-23-9-11-27-12-10-23/h1-8,13,22,26H,9-12,14H2/p+1/t21-/m1/s1. The molecule has 1 atom stereocenters. The van der Waals surface area contributed by atoms with Crippen molar-refractivity contribution >= 4 is 22.5 Å². The van der Waals surface area contributed by atoms with Gasteiger partial charge in [0.2, 0.25) is 0 Å². The molecule has 0 bridgehead atoms. The third-order valence-corrected chi connectivity index (χ3v) is 5.70. The van der Waals surface area contributed by atoms with E-state index in [2.05, 4.69) is 4.98 Å². The van der Waals surface area contributed by atoms with E-state index in [4.69, 9.17) is 4.74 Å². The number of aromatic nitrogens is 1. The summed E-state index contributed by atoms with van der Waals surface area (Å²) >= 11 is 0. The molecule has 3 N–H and O–H groups in total. The minimum atomic E-state index is -1.68. The van der Waals surface area contributed by atoms with Gasteiger partial charge in [0.25, 0.3) is 5.91 Å². The number of amides is 1. The number of nitrogens with one attached hydrogen (secondary N) is 2. The maximum Gasteiger partial charge on any atom is 0.272 e. The van der Waals surface area contributed by atoms with Gasteiger partial charge in [-0.05, 0) is 12.1 Å². The van der Waals surface area contributed by atoms with Gasteiger partial charge in [-0.25, -0.2) is 0 Å². The van der Waals surface area contributed by atoms with Gasteiger partial charge in [-0.15, -0.1) is 0 Å². The number of aromatic amines is 1. The number of carbonyl (C=O) groups excluding carboxylic acids is 1. The summed E-state index contributed by atoms with van der Waals surface area (Å²) in [5.74, 6) is -0.285. The fourth-order valence-corrected chi connectivity index (χ4v) is 4.26. The van der Waals surface area contributed by atoms with E-state index >= 15 is 0 Å². The topological polar surface area (TPSA) is 70.0 Å². The summed E-state index contributed by atoms with van der Waals surface area (Å²) in [5.41, 5.74) is 1.27. The Labute approximate surface area is 157 Å². The SMILES string of the molecule is O=C1N(C[NH+]2CCOCC2)c2ccccc2[C@@]1(O)c1c[nH]c2ccccc12. The second-order valence-electron chi connectivity index (χ2n) is 7.23. The van der Waals surface area contributed by atoms with Crippen molar-refractivity contribution < 1.29 is 19.5 Å². The van der Waals surface area contributed by atoms with E-state index in [-0.39, 0.29) is 5.91 Å². The largest absolute Gasteiger partial charge is 0.372 e. The number of anilines is 1. The number of para-hydroxylation sites is 2. The third-order valence-electron chi connectivity index (χ3n) is 5.70. The Bertz CT molecular complexity index is 1010. The van der Waals surface area contributed by atoms with Crippen LogP contribution in [-0.2, 0) is 15.1 Å². The average Bonchev–Trinajstić information content (AvgIpc) is 3.24. The van der Waals surface area contributed by atoms with E-state index in [0.717, 1.165) is 29.7 Å². The van der Waals surface area contributed by atoms with Crippen molar-refractivity contribution in [2.24, 2.45) is 0 Å². The van der Waals surface area contributed by atoms with Crippen LogP contribution in [0.25, 0.3) is 10.9 Å². The maximum absolute atomic E-state index is 13.5. The van der Waals surface area contributed by atoms with Gasteiger partial charge in [-0.1, -0.05) is 36.4 Å². The summed E-state index contributed by atoms with van der Waals surface area (Å²) in [6.45, 7) is 3.65. The van der Waals surface area contributed by atoms with Gasteiger partial charge in [-0.3, -0.25) is 9.69 Å². The molecule has 0 aliphatic carbocycles.